The van der Waals surface area contributed by atoms with E-state index in [1.807, 2.05) is 37.3 Å². The number of fused-ring (bicyclic) bond motifs is 1. The Labute approximate surface area is 183 Å². The molecule has 0 saturated heterocycles. The van der Waals surface area contributed by atoms with E-state index >= 15 is 0 Å². The summed E-state index contributed by atoms with van der Waals surface area (Å²) in [7, 11) is 3.33. The number of unbranched alkanes of at least 4 members (excludes halogenated alkanes) is 2. The summed E-state index contributed by atoms with van der Waals surface area (Å²) in [5, 5.41) is 0.992. The molecule has 0 saturated carbocycles. The summed E-state index contributed by atoms with van der Waals surface area (Å²) in [6.07, 6.45) is 7.17. The molecule has 1 aromatic heterocycles. The van der Waals surface area contributed by atoms with Gasteiger partial charge >= 0.3 is 0 Å². The monoisotopic (exact) mass is 424 g/mol. The van der Waals surface area contributed by atoms with Gasteiger partial charge in [0.25, 0.3) is 0 Å². The fourth-order valence-electron chi connectivity index (χ4n) is 3.88. The van der Waals surface area contributed by atoms with Gasteiger partial charge in [0.1, 0.15) is 17.1 Å². The Morgan fingerprint density at radius 3 is 2.61 bits per heavy atom. The van der Waals surface area contributed by atoms with E-state index in [0.29, 0.717) is 13.0 Å². The molecule has 0 bridgehead atoms. The minimum Gasteiger partial charge on any atom is -0.497 e. The number of anilines is 1. The standard InChI is InChI=1S/C25H32N2O4/c1-18(26)13-21-15-22(14-20-10-12-31-25(20)21)27(17-28)11-6-4-5-7-19-8-9-23(29-2)16-24(19)30-3/h8-10,12,14-18H,4-7,11,13,26H2,1-3H3. The summed E-state index contributed by atoms with van der Waals surface area (Å²) in [5.74, 6) is 1.64. The largest absolute Gasteiger partial charge is 0.497 e. The van der Waals surface area contributed by atoms with Crippen molar-refractivity contribution in [2.75, 3.05) is 25.7 Å². The summed E-state index contributed by atoms with van der Waals surface area (Å²) in [6, 6.07) is 11.9. The van der Waals surface area contributed by atoms with Crippen molar-refractivity contribution in [2.45, 2.75) is 45.1 Å². The second kappa shape index (κ2) is 10.9. The van der Waals surface area contributed by atoms with Gasteiger partial charge in [0, 0.05) is 29.7 Å². The lowest BCUT2D eigenvalue weighted by molar-refractivity contribution is -0.107. The van der Waals surface area contributed by atoms with Crippen LogP contribution in [0.15, 0.2) is 47.1 Å². The molecule has 0 aliphatic carbocycles. The van der Waals surface area contributed by atoms with Crippen LogP contribution >= 0.6 is 0 Å². The molecule has 1 amide bonds. The molecule has 1 atom stereocenters. The second-order valence-corrected chi connectivity index (χ2v) is 7.91. The van der Waals surface area contributed by atoms with Gasteiger partial charge in [-0.15, -0.1) is 0 Å². The van der Waals surface area contributed by atoms with Crippen LogP contribution in [0.4, 0.5) is 5.69 Å². The maximum atomic E-state index is 11.8. The molecule has 0 aliphatic heterocycles. The smallest absolute Gasteiger partial charge is 0.214 e. The molecule has 6 heteroatoms. The average molecular weight is 425 g/mol. The number of hydrogen-bond donors (Lipinski definition) is 1. The quantitative estimate of drug-likeness (QED) is 0.336. The number of carbonyl (C=O) groups is 1. The molecule has 3 rings (SSSR count). The first-order chi connectivity index (χ1) is 15.0. The van der Waals surface area contributed by atoms with Gasteiger partial charge in [0.2, 0.25) is 6.41 Å². The van der Waals surface area contributed by atoms with Crippen LogP contribution in [0.1, 0.15) is 37.3 Å². The molecule has 0 fully saturated rings. The van der Waals surface area contributed by atoms with E-state index in [9.17, 15) is 4.79 Å². The van der Waals surface area contributed by atoms with Crippen molar-refractivity contribution >= 4 is 23.1 Å². The lowest BCUT2D eigenvalue weighted by atomic mass is 10.0. The number of aryl methyl sites for hydroxylation is 1. The molecular formula is C25H32N2O4. The Balaban J connectivity index is 1.58. The van der Waals surface area contributed by atoms with Gasteiger partial charge in [0.15, 0.2) is 0 Å². The number of rotatable bonds is 12. The second-order valence-electron chi connectivity index (χ2n) is 7.91. The highest BCUT2D eigenvalue weighted by Crippen LogP contribution is 2.29. The van der Waals surface area contributed by atoms with Crippen LogP contribution < -0.4 is 20.1 Å². The number of ether oxygens (including phenoxy) is 2. The van der Waals surface area contributed by atoms with Crippen LogP contribution in [0.25, 0.3) is 11.0 Å². The maximum absolute atomic E-state index is 11.8. The number of benzene rings is 2. The highest BCUT2D eigenvalue weighted by Gasteiger charge is 2.13. The van der Waals surface area contributed by atoms with Gasteiger partial charge in [-0.2, -0.15) is 0 Å². The zero-order chi connectivity index (χ0) is 22.2. The summed E-state index contributed by atoms with van der Waals surface area (Å²) in [6.45, 7) is 2.64. The number of furan rings is 1. The number of amides is 1. The van der Waals surface area contributed by atoms with Crippen LogP contribution in [0.2, 0.25) is 0 Å². The van der Waals surface area contributed by atoms with Crippen LogP contribution in [-0.2, 0) is 17.6 Å². The molecule has 1 heterocycles. The number of nitrogens with two attached hydrogens (primary N) is 1. The average Bonchev–Trinajstić information content (AvgIpc) is 3.25. The van der Waals surface area contributed by atoms with E-state index in [-0.39, 0.29) is 6.04 Å². The molecular weight excluding hydrogens is 392 g/mol. The fraction of sp³-hybridized carbons (Fsp3) is 0.400. The van der Waals surface area contributed by atoms with E-state index < -0.39 is 0 Å². The Hall–Kier alpha value is -2.99. The zero-order valence-corrected chi connectivity index (χ0v) is 18.6. The third-order valence-electron chi connectivity index (χ3n) is 5.45. The van der Waals surface area contributed by atoms with Crippen LogP contribution in [0.5, 0.6) is 11.5 Å². The number of methoxy groups -OCH3 is 2. The van der Waals surface area contributed by atoms with E-state index in [2.05, 4.69) is 6.07 Å². The van der Waals surface area contributed by atoms with Crippen molar-refractivity contribution in [2.24, 2.45) is 5.73 Å². The van der Waals surface area contributed by atoms with Gasteiger partial charge in [-0.1, -0.05) is 12.5 Å². The minimum absolute atomic E-state index is 0.0168. The number of hydrogen-bond acceptors (Lipinski definition) is 5. The predicted molar refractivity (Wildman–Crippen MR) is 124 cm³/mol. The zero-order valence-electron chi connectivity index (χ0n) is 18.6. The molecule has 3 aromatic rings. The van der Waals surface area contributed by atoms with Crippen molar-refractivity contribution < 1.29 is 18.7 Å². The molecule has 0 radical (unpaired) electrons. The first-order valence-electron chi connectivity index (χ1n) is 10.7. The minimum atomic E-state index is 0.0168. The van der Waals surface area contributed by atoms with Crippen molar-refractivity contribution in [3.63, 3.8) is 0 Å². The van der Waals surface area contributed by atoms with Crippen LogP contribution in [0.3, 0.4) is 0 Å². The Morgan fingerprint density at radius 2 is 1.90 bits per heavy atom. The molecule has 2 aromatic carbocycles. The lowest BCUT2D eigenvalue weighted by Crippen LogP contribution is -2.23. The van der Waals surface area contributed by atoms with Gasteiger partial charge in [-0.25, -0.2) is 0 Å². The molecule has 6 nitrogen and oxygen atoms in total. The first kappa shape index (κ1) is 22.7. The summed E-state index contributed by atoms with van der Waals surface area (Å²) < 4.78 is 16.4. The topological polar surface area (TPSA) is 77.9 Å². The molecule has 31 heavy (non-hydrogen) atoms. The highest BCUT2D eigenvalue weighted by molar-refractivity contribution is 5.88. The van der Waals surface area contributed by atoms with Gasteiger partial charge < -0.3 is 24.5 Å². The van der Waals surface area contributed by atoms with Gasteiger partial charge in [0.05, 0.1) is 20.5 Å². The van der Waals surface area contributed by atoms with E-state index in [4.69, 9.17) is 19.6 Å². The number of nitrogens with zero attached hydrogens (tertiary/aromatic N) is 1. The maximum Gasteiger partial charge on any atom is 0.214 e. The lowest BCUT2D eigenvalue weighted by Gasteiger charge is -2.19. The number of carbonyl (C=O) groups excluding carboxylic acids is 1. The molecule has 0 spiro atoms. The van der Waals surface area contributed by atoms with Crippen LogP contribution in [-0.4, -0.2) is 33.2 Å². The molecule has 166 valence electrons. The van der Waals surface area contributed by atoms with Crippen molar-refractivity contribution in [1.82, 2.24) is 0 Å². The third kappa shape index (κ3) is 5.79. The van der Waals surface area contributed by atoms with E-state index in [0.717, 1.165) is 65.8 Å². The molecule has 0 aliphatic rings. The fourth-order valence-corrected chi connectivity index (χ4v) is 3.88. The SMILES string of the molecule is COc1ccc(CCCCCN(C=O)c2cc(CC(C)N)c3occc3c2)c(OC)c1. The molecule has 1 unspecified atom stereocenters. The first-order valence-corrected chi connectivity index (χ1v) is 10.7. The van der Waals surface area contributed by atoms with Crippen molar-refractivity contribution in [1.29, 1.82) is 0 Å². The Kier molecular flexibility index (Phi) is 7.95. The Bertz CT molecular complexity index is 996. The highest BCUT2D eigenvalue weighted by atomic mass is 16.5. The summed E-state index contributed by atoms with van der Waals surface area (Å²) in [5.41, 5.74) is 9.93. The summed E-state index contributed by atoms with van der Waals surface area (Å²) >= 11 is 0. The Morgan fingerprint density at radius 1 is 1.06 bits per heavy atom. The van der Waals surface area contributed by atoms with Gasteiger partial charge in [-0.3, -0.25) is 4.79 Å². The van der Waals surface area contributed by atoms with Crippen molar-refractivity contribution in [3.05, 3.63) is 53.8 Å². The van der Waals surface area contributed by atoms with Crippen molar-refractivity contribution in [3.8, 4) is 11.5 Å². The molecule has 2 N–H and O–H groups in total. The normalized spacial score (nSPS) is 12.0. The van der Waals surface area contributed by atoms with E-state index in [1.165, 1.54) is 5.56 Å². The third-order valence-corrected chi connectivity index (χ3v) is 5.45. The predicted octanol–water partition coefficient (Wildman–Crippen LogP) is 4.72. The summed E-state index contributed by atoms with van der Waals surface area (Å²) in [4.78, 5) is 13.6. The van der Waals surface area contributed by atoms with Crippen LogP contribution in [0, 0.1) is 0 Å². The van der Waals surface area contributed by atoms with E-state index in [1.54, 1.807) is 25.4 Å². The van der Waals surface area contributed by atoms with Gasteiger partial charge in [-0.05, 0) is 68.0 Å².